The van der Waals surface area contributed by atoms with Crippen LogP contribution in [0.25, 0.3) is 22.3 Å². The summed E-state index contributed by atoms with van der Waals surface area (Å²) in [6.45, 7) is 2.24. The van der Waals surface area contributed by atoms with Crippen molar-refractivity contribution in [1.82, 2.24) is 0 Å². The van der Waals surface area contributed by atoms with Gasteiger partial charge in [-0.25, -0.2) is 0 Å². The first-order valence-electron chi connectivity index (χ1n) is 8.08. The minimum atomic E-state index is 1.01. The first kappa shape index (κ1) is 13.3. The Kier molecular flexibility index (Phi) is 3.31. The fourth-order valence-corrected chi connectivity index (χ4v) is 3.49. The maximum absolute atomic E-state index is 3.69. The van der Waals surface area contributed by atoms with Crippen molar-refractivity contribution < 1.29 is 0 Å². The molecule has 0 heterocycles. The van der Waals surface area contributed by atoms with Gasteiger partial charge in [0.05, 0.1) is 0 Å². The number of benzene rings is 3. The van der Waals surface area contributed by atoms with E-state index in [9.17, 15) is 0 Å². The van der Waals surface area contributed by atoms with Gasteiger partial charge in [-0.05, 0) is 57.9 Å². The number of rotatable bonds is 3. The summed E-state index contributed by atoms with van der Waals surface area (Å²) in [6.07, 6.45) is 3.31. The zero-order valence-electron chi connectivity index (χ0n) is 12.9. The molecule has 1 aliphatic rings. The van der Waals surface area contributed by atoms with E-state index in [1.54, 1.807) is 0 Å². The summed E-state index contributed by atoms with van der Waals surface area (Å²) in [4.78, 5) is 0. The van der Waals surface area contributed by atoms with E-state index < -0.39 is 0 Å². The van der Waals surface area contributed by atoms with Gasteiger partial charge in [0.25, 0.3) is 0 Å². The minimum Gasteiger partial charge on any atom is -0.0651 e. The van der Waals surface area contributed by atoms with Crippen LogP contribution in [0.2, 0.25) is 0 Å². The molecule has 0 bridgehead atoms. The van der Waals surface area contributed by atoms with E-state index in [4.69, 9.17) is 0 Å². The van der Waals surface area contributed by atoms with E-state index in [2.05, 4.69) is 73.7 Å². The van der Waals surface area contributed by atoms with Gasteiger partial charge < -0.3 is 0 Å². The molecule has 0 atom stereocenters. The third-order valence-electron chi connectivity index (χ3n) is 4.53. The predicted molar refractivity (Wildman–Crippen MR) is 93.0 cm³/mol. The highest BCUT2D eigenvalue weighted by Crippen LogP contribution is 2.38. The second-order valence-corrected chi connectivity index (χ2v) is 6.01. The number of fused-ring (bicyclic) bond motifs is 3. The van der Waals surface area contributed by atoms with Crippen molar-refractivity contribution >= 4 is 0 Å². The van der Waals surface area contributed by atoms with Crippen LogP contribution >= 0.6 is 0 Å². The molecule has 1 radical (unpaired) electrons. The lowest BCUT2D eigenvalue weighted by atomic mass is 9.94. The molecule has 0 heteroatoms. The molecule has 0 aliphatic heterocycles. The van der Waals surface area contributed by atoms with E-state index in [1.165, 1.54) is 45.4 Å². The summed E-state index contributed by atoms with van der Waals surface area (Å²) in [5, 5.41) is 0. The van der Waals surface area contributed by atoms with Crippen molar-refractivity contribution in [3.63, 3.8) is 0 Å². The molecule has 1 aliphatic carbocycles. The summed E-state index contributed by atoms with van der Waals surface area (Å²) in [6, 6.07) is 25.6. The van der Waals surface area contributed by atoms with Crippen molar-refractivity contribution in [2.75, 3.05) is 0 Å². The first-order valence-corrected chi connectivity index (χ1v) is 8.08. The Morgan fingerprint density at radius 2 is 1.59 bits per heavy atom. The van der Waals surface area contributed by atoms with Gasteiger partial charge in [0.15, 0.2) is 0 Å². The third-order valence-corrected chi connectivity index (χ3v) is 4.53. The number of aryl methyl sites for hydroxylation is 1. The minimum absolute atomic E-state index is 1.01. The lowest BCUT2D eigenvalue weighted by Gasteiger charge is -2.10. The standard InChI is InChI=1S/C22H19/c1-2-7-16-8-3-5-10-20(16)18-12-13-22-19(15-18)14-17-9-4-6-11-21(17)22/h3-6,8-13H,2,7,14H2,1H3. The average Bonchev–Trinajstić information content (AvgIpc) is 2.93. The molecule has 0 fully saturated rings. The van der Waals surface area contributed by atoms with Crippen LogP contribution in [0.4, 0.5) is 0 Å². The predicted octanol–water partition coefficient (Wildman–Crippen LogP) is 5.68. The molecule has 0 spiro atoms. The largest absolute Gasteiger partial charge is 0.0651 e. The van der Waals surface area contributed by atoms with Crippen LogP contribution in [0.1, 0.15) is 30.0 Å². The topological polar surface area (TPSA) is 0 Å². The Morgan fingerprint density at radius 3 is 2.45 bits per heavy atom. The van der Waals surface area contributed by atoms with E-state index in [0.29, 0.717) is 0 Å². The molecular formula is C22H19. The highest BCUT2D eigenvalue weighted by atomic mass is 14.2. The molecule has 3 aromatic rings. The first-order chi connectivity index (χ1) is 10.9. The summed E-state index contributed by atoms with van der Waals surface area (Å²) in [7, 11) is 0. The van der Waals surface area contributed by atoms with Crippen LogP contribution in [0.3, 0.4) is 0 Å². The molecule has 22 heavy (non-hydrogen) atoms. The number of hydrogen-bond donors (Lipinski definition) is 0. The highest BCUT2D eigenvalue weighted by Gasteiger charge is 2.18. The summed E-state index contributed by atoms with van der Waals surface area (Å²) in [5.74, 6) is 0. The summed E-state index contributed by atoms with van der Waals surface area (Å²) in [5.41, 5.74) is 9.49. The fourth-order valence-electron chi connectivity index (χ4n) is 3.49. The van der Waals surface area contributed by atoms with Gasteiger partial charge in [0, 0.05) is 0 Å². The van der Waals surface area contributed by atoms with Crippen molar-refractivity contribution in [2.45, 2.75) is 26.2 Å². The molecule has 0 saturated carbocycles. The van der Waals surface area contributed by atoms with E-state index >= 15 is 0 Å². The van der Waals surface area contributed by atoms with Gasteiger partial charge in [0.2, 0.25) is 0 Å². The van der Waals surface area contributed by atoms with Gasteiger partial charge in [-0.1, -0.05) is 74.0 Å². The Hall–Kier alpha value is -2.34. The van der Waals surface area contributed by atoms with Crippen molar-refractivity contribution in [3.05, 3.63) is 83.4 Å². The molecule has 0 aromatic heterocycles. The molecule has 0 amide bonds. The molecule has 0 N–H and O–H groups in total. The van der Waals surface area contributed by atoms with E-state index in [-0.39, 0.29) is 0 Å². The average molecular weight is 283 g/mol. The normalized spacial score (nSPS) is 12.0. The molecule has 4 rings (SSSR count). The molecule has 3 aromatic carbocycles. The fraction of sp³-hybridized carbons (Fsp3) is 0.182. The third kappa shape index (κ3) is 2.16. The lowest BCUT2D eigenvalue weighted by molar-refractivity contribution is 0.923. The van der Waals surface area contributed by atoms with Crippen molar-refractivity contribution in [1.29, 1.82) is 0 Å². The summed E-state index contributed by atoms with van der Waals surface area (Å²) < 4.78 is 0. The zero-order chi connectivity index (χ0) is 14.9. The maximum atomic E-state index is 3.69. The Bertz CT molecular complexity index is 827. The quantitative estimate of drug-likeness (QED) is 0.454. The van der Waals surface area contributed by atoms with E-state index in [1.807, 2.05) is 0 Å². The molecule has 0 nitrogen and oxygen atoms in total. The smallest absolute Gasteiger partial charge is 0.000706 e. The monoisotopic (exact) mass is 283 g/mol. The Labute approximate surface area is 132 Å². The van der Waals surface area contributed by atoms with Crippen LogP contribution < -0.4 is 0 Å². The summed E-state index contributed by atoms with van der Waals surface area (Å²) >= 11 is 0. The molecule has 0 saturated heterocycles. The maximum Gasteiger partial charge on any atom is -0.000706 e. The van der Waals surface area contributed by atoms with Crippen LogP contribution in [-0.4, -0.2) is 0 Å². The highest BCUT2D eigenvalue weighted by molar-refractivity contribution is 5.80. The van der Waals surface area contributed by atoms with Crippen LogP contribution in [0.15, 0.2) is 60.7 Å². The lowest BCUT2D eigenvalue weighted by Crippen LogP contribution is -1.91. The van der Waals surface area contributed by atoms with Crippen molar-refractivity contribution in [2.24, 2.45) is 0 Å². The second-order valence-electron chi connectivity index (χ2n) is 6.01. The SMILES string of the molecule is CCCc1ccccc1-c1[c]c2c(cc1)-c1ccccc1C2. The molecule has 0 unspecified atom stereocenters. The van der Waals surface area contributed by atoms with Crippen LogP contribution in [-0.2, 0) is 12.8 Å². The zero-order valence-corrected chi connectivity index (χ0v) is 12.9. The van der Waals surface area contributed by atoms with Gasteiger partial charge in [-0.3, -0.25) is 0 Å². The van der Waals surface area contributed by atoms with Gasteiger partial charge >= 0.3 is 0 Å². The second kappa shape index (κ2) is 5.46. The molecule has 107 valence electrons. The van der Waals surface area contributed by atoms with Gasteiger partial charge in [-0.2, -0.15) is 0 Å². The Balaban J connectivity index is 1.80. The van der Waals surface area contributed by atoms with Crippen LogP contribution in [0.5, 0.6) is 0 Å². The van der Waals surface area contributed by atoms with Crippen LogP contribution in [0, 0.1) is 6.07 Å². The number of hydrogen-bond acceptors (Lipinski definition) is 0. The molecular weight excluding hydrogens is 264 g/mol. The van der Waals surface area contributed by atoms with Gasteiger partial charge in [-0.15, -0.1) is 0 Å². The van der Waals surface area contributed by atoms with E-state index in [0.717, 1.165) is 12.8 Å². The van der Waals surface area contributed by atoms with Gasteiger partial charge in [0.1, 0.15) is 0 Å². The Morgan fingerprint density at radius 1 is 0.818 bits per heavy atom. The van der Waals surface area contributed by atoms with Crippen molar-refractivity contribution in [3.8, 4) is 22.3 Å².